The molecule has 4 aromatic rings. The van der Waals surface area contributed by atoms with Crippen LogP contribution in [0.1, 0.15) is 44.4 Å². The number of anilines is 1. The third-order valence-corrected chi connectivity index (χ3v) is 9.07. The van der Waals surface area contributed by atoms with E-state index >= 15 is 0 Å². The lowest BCUT2D eigenvalue weighted by atomic mass is 10.0. The number of sulfonamides is 1. The molecule has 0 aliphatic carbocycles. The van der Waals surface area contributed by atoms with E-state index in [1.54, 1.807) is 42.5 Å². The number of halogens is 1. The molecule has 2 amide bonds. The van der Waals surface area contributed by atoms with Crippen molar-refractivity contribution in [3.63, 3.8) is 0 Å². The molecule has 45 heavy (non-hydrogen) atoms. The molecule has 4 rings (SSSR count). The lowest BCUT2D eigenvalue weighted by molar-refractivity contribution is -0.140. The van der Waals surface area contributed by atoms with Crippen LogP contribution in [0.2, 0.25) is 0 Å². The van der Waals surface area contributed by atoms with E-state index in [-0.39, 0.29) is 23.8 Å². The number of amides is 2. The molecular formula is C36H40FN3O4S. The number of carbonyl (C=O) groups is 2. The van der Waals surface area contributed by atoms with Crippen molar-refractivity contribution in [3.05, 3.63) is 132 Å². The molecule has 1 atom stereocenters. The van der Waals surface area contributed by atoms with Crippen molar-refractivity contribution in [1.82, 2.24) is 10.2 Å². The van der Waals surface area contributed by atoms with Gasteiger partial charge in [-0.15, -0.1) is 0 Å². The smallest absolute Gasteiger partial charge is 0.264 e. The second-order valence-electron chi connectivity index (χ2n) is 11.9. The van der Waals surface area contributed by atoms with E-state index < -0.39 is 39.9 Å². The molecule has 0 fully saturated rings. The zero-order valence-electron chi connectivity index (χ0n) is 26.1. The summed E-state index contributed by atoms with van der Waals surface area (Å²) < 4.78 is 43.0. The lowest BCUT2D eigenvalue weighted by Gasteiger charge is -2.35. The molecule has 7 nitrogen and oxygen atoms in total. The molecule has 236 valence electrons. The highest BCUT2D eigenvalue weighted by atomic mass is 32.2. The number of rotatable bonds is 12. The van der Waals surface area contributed by atoms with Gasteiger partial charge in [0.05, 0.1) is 10.6 Å². The Labute approximate surface area is 265 Å². The Hall–Kier alpha value is -4.50. The molecule has 9 heteroatoms. The van der Waals surface area contributed by atoms with Gasteiger partial charge in [0.1, 0.15) is 18.4 Å². The van der Waals surface area contributed by atoms with Gasteiger partial charge in [0.2, 0.25) is 11.8 Å². The highest BCUT2D eigenvalue weighted by Gasteiger charge is 2.35. The molecule has 4 aromatic carbocycles. The summed E-state index contributed by atoms with van der Waals surface area (Å²) >= 11 is 0. The zero-order valence-corrected chi connectivity index (χ0v) is 26.9. The first-order valence-electron chi connectivity index (χ1n) is 14.9. The topological polar surface area (TPSA) is 86.8 Å². The number of hydrogen-bond acceptors (Lipinski definition) is 4. The first-order chi connectivity index (χ1) is 21.4. The number of carbonyl (C=O) groups excluding carboxylic acids is 2. The van der Waals surface area contributed by atoms with Crippen LogP contribution in [0.4, 0.5) is 10.1 Å². The molecule has 0 saturated heterocycles. The van der Waals surface area contributed by atoms with Crippen molar-refractivity contribution in [2.45, 2.75) is 63.6 Å². The standard InChI is InChI=1S/C36H40FN3O4S/c1-5-27-18-22-31(23-19-27)40(45(43,44)32-14-10-7-11-15-32)26-34(41)39(25-29-16-20-30(37)21-17-29)33(35(42)38-36(2,3)4)24-28-12-8-6-9-13-28/h6-23,33H,5,24-26H2,1-4H3,(H,38,42)/t33-/m0/s1. The Bertz CT molecular complexity index is 1670. The quantitative estimate of drug-likeness (QED) is 0.204. The summed E-state index contributed by atoms with van der Waals surface area (Å²) in [5.41, 5.74) is 2.16. The molecule has 0 aliphatic heterocycles. The largest absolute Gasteiger partial charge is 0.350 e. The minimum absolute atomic E-state index is 0.0359. The van der Waals surface area contributed by atoms with Gasteiger partial charge in [-0.2, -0.15) is 0 Å². The van der Waals surface area contributed by atoms with Crippen molar-refractivity contribution in [2.75, 3.05) is 10.8 Å². The minimum Gasteiger partial charge on any atom is -0.350 e. The van der Waals surface area contributed by atoms with Crippen LogP contribution in [0, 0.1) is 5.82 Å². The number of benzene rings is 4. The molecular weight excluding hydrogens is 589 g/mol. The van der Waals surface area contributed by atoms with E-state index in [2.05, 4.69) is 5.32 Å². The first kappa shape index (κ1) is 33.4. The monoisotopic (exact) mass is 629 g/mol. The molecule has 1 N–H and O–H groups in total. The van der Waals surface area contributed by atoms with Gasteiger partial charge in [-0.25, -0.2) is 12.8 Å². The SMILES string of the molecule is CCc1ccc(N(CC(=O)N(Cc2ccc(F)cc2)[C@@H](Cc2ccccc2)C(=O)NC(C)(C)C)S(=O)(=O)c2ccccc2)cc1. The summed E-state index contributed by atoms with van der Waals surface area (Å²) in [5, 5.41) is 3.00. The molecule has 0 aliphatic rings. The third-order valence-electron chi connectivity index (χ3n) is 7.28. The number of hydrogen-bond donors (Lipinski definition) is 1. The number of nitrogens with one attached hydrogen (secondary N) is 1. The van der Waals surface area contributed by atoms with Gasteiger partial charge < -0.3 is 10.2 Å². The molecule has 0 unspecified atom stereocenters. The van der Waals surface area contributed by atoms with Crippen LogP contribution < -0.4 is 9.62 Å². The highest BCUT2D eigenvalue weighted by molar-refractivity contribution is 7.92. The zero-order chi connectivity index (χ0) is 32.6. The number of nitrogens with zero attached hydrogens (tertiary/aromatic N) is 2. The van der Waals surface area contributed by atoms with Crippen LogP contribution >= 0.6 is 0 Å². The maximum absolute atomic E-state index is 14.5. The summed E-state index contributed by atoms with van der Waals surface area (Å²) in [7, 11) is -4.18. The van der Waals surface area contributed by atoms with E-state index in [9.17, 15) is 22.4 Å². The van der Waals surface area contributed by atoms with Crippen molar-refractivity contribution in [1.29, 1.82) is 0 Å². The van der Waals surface area contributed by atoms with Crippen LogP contribution in [0.5, 0.6) is 0 Å². The van der Waals surface area contributed by atoms with E-state index in [0.717, 1.165) is 21.9 Å². The van der Waals surface area contributed by atoms with Gasteiger partial charge in [0.25, 0.3) is 10.0 Å². The van der Waals surface area contributed by atoms with Gasteiger partial charge >= 0.3 is 0 Å². The third kappa shape index (κ3) is 9.01. The van der Waals surface area contributed by atoms with Crippen molar-refractivity contribution >= 4 is 27.5 Å². The van der Waals surface area contributed by atoms with Gasteiger partial charge in [-0.05, 0) is 80.3 Å². The fourth-order valence-corrected chi connectivity index (χ4v) is 6.37. The predicted molar refractivity (Wildman–Crippen MR) is 176 cm³/mol. The molecule has 0 aromatic heterocycles. The fraction of sp³-hybridized carbons (Fsp3) is 0.278. The molecule has 0 heterocycles. The first-order valence-corrected chi connectivity index (χ1v) is 16.4. The molecule has 0 radical (unpaired) electrons. The van der Waals surface area contributed by atoms with Crippen molar-refractivity contribution in [3.8, 4) is 0 Å². The molecule has 0 saturated carbocycles. The Morgan fingerprint density at radius 3 is 1.89 bits per heavy atom. The van der Waals surface area contributed by atoms with Crippen LogP contribution in [0.15, 0.2) is 114 Å². The van der Waals surface area contributed by atoms with Crippen molar-refractivity contribution < 1.29 is 22.4 Å². The van der Waals surface area contributed by atoms with Gasteiger partial charge in [-0.1, -0.05) is 79.7 Å². The molecule has 0 bridgehead atoms. The van der Waals surface area contributed by atoms with E-state index in [1.807, 2.05) is 70.2 Å². The maximum Gasteiger partial charge on any atom is 0.264 e. The summed E-state index contributed by atoms with van der Waals surface area (Å²) in [5.74, 6) is -1.39. The normalized spacial score (nSPS) is 12.3. The van der Waals surface area contributed by atoms with E-state index in [1.165, 1.54) is 29.2 Å². The Morgan fingerprint density at radius 1 is 0.778 bits per heavy atom. The Balaban J connectivity index is 1.81. The fourth-order valence-electron chi connectivity index (χ4n) is 4.94. The van der Waals surface area contributed by atoms with Gasteiger partial charge in [-0.3, -0.25) is 13.9 Å². The average Bonchev–Trinajstić information content (AvgIpc) is 3.02. The van der Waals surface area contributed by atoms with E-state index in [0.29, 0.717) is 11.3 Å². The summed E-state index contributed by atoms with van der Waals surface area (Å²) in [6.07, 6.45) is 0.951. The highest BCUT2D eigenvalue weighted by Crippen LogP contribution is 2.26. The minimum atomic E-state index is -4.18. The van der Waals surface area contributed by atoms with Gasteiger partial charge in [0, 0.05) is 18.5 Å². The van der Waals surface area contributed by atoms with Crippen LogP contribution in [-0.4, -0.2) is 43.3 Å². The van der Waals surface area contributed by atoms with Crippen LogP contribution in [-0.2, 0) is 39.0 Å². The van der Waals surface area contributed by atoms with Gasteiger partial charge in [0.15, 0.2) is 0 Å². The maximum atomic E-state index is 14.5. The predicted octanol–water partition coefficient (Wildman–Crippen LogP) is 6.14. The van der Waals surface area contributed by atoms with E-state index in [4.69, 9.17) is 0 Å². The summed E-state index contributed by atoms with van der Waals surface area (Å²) in [4.78, 5) is 29.8. The number of aryl methyl sites for hydroxylation is 1. The average molecular weight is 630 g/mol. The second-order valence-corrected chi connectivity index (χ2v) is 13.8. The van der Waals surface area contributed by atoms with Crippen LogP contribution in [0.3, 0.4) is 0 Å². The van der Waals surface area contributed by atoms with Crippen LogP contribution in [0.25, 0.3) is 0 Å². The second kappa shape index (κ2) is 14.5. The Kier molecular flexibility index (Phi) is 10.8. The molecule has 0 spiro atoms. The summed E-state index contributed by atoms with van der Waals surface area (Å²) in [6, 6.07) is 29.0. The van der Waals surface area contributed by atoms with Crippen molar-refractivity contribution in [2.24, 2.45) is 0 Å². The summed E-state index contributed by atoms with van der Waals surface area (Å²) in [6.45, 7) is 6.96. The Morgan fingerprint density at radius 2 is 1.33 bits per heavy atom. The lowest BCUT2D eigenvalue weighted by Crippen LogP contribution is -2.56.